The molecule has 0 spiro atoms. The number of nitrogens with one attached hydrogen (secondary N) is 1. The molecule has 6 heteroatoms. The second kappa shape index (κ2) is 8.94. The average Bonchev–Trinajstić information content (AvgIpc) is 2.79. The van der Waals surface area contributed by atoms with Gasteiger partial charge in [-0.1, -0.05) is 55.5 Å². The van der Waals surface area contributed by atoms with E-state index >= 15 is 0 Å². The number of sulfonamides is 1. The zero-order valence-electron chi connectivity index (χ0n) is 17.5. The Kier molecular flexibility index (Phi) is 6.09. The molecule has 0 saturated heterocycles. The van der Waals surface area contributed by atoms with Crippen LogP contribution >= 0.6 is 0 Å². The van der Waals surface area contributed by atoms with E-state index in [1.807, 2.05) is 61.5 Å². The van der Waals surface area contributed by atoms with E-state index in [0.717, 1.165) is 29.7 Å². The predicted octanol–water partition coefficient (Wildman–Crippen LogP) is 4.96. The Morgan fingerprint density at radius 1 is 0.968 bits per heavy atom. The number of carbonyl (C=O) groups is 1. The molecule has 1 amide bonds. The van der Waals surface area contributed by atoms with E-state index in [-0.39, 0.29) is 16.7 Å². The van der Waals surface area contributed by atoms with Crippen LogP contribution in [0.5, 0.6) is 0 Å². The van der Waals surface area contributed by atoms with Crippen LogP contribution in [0, 0.1) is 0 Å². The van der Waals surface area contributed by atoms with Gasteiger partial charge in [0.05, 0.1) is 10.6 Å². The van der Waals surface area contributed by atoms with Crippen LogP contribution in [0.2, 0.25) is 0 Å². The van der Waals surface area contributed by atoms with Crippen molar-refractivity contribution >= 4 is 27.3 Å². The molecule has 4 rings (SSSR count). The quantitative estimate of drug-likeness (QED) is 0.596. The number of amides is 1. The van der Waals surface area contributed by atoms with Crippen molar-refractivity contribution in [2.45, 2.75) is 37.0 Å². The maximum atomic E-state index is 13.2. The van der Waals surface area contributed by atoms with Gasteiger partial charge in [-0.3, -0.25) is 9.10 Å². The summed E-state index contributed by atoms with van der Waals surface area (Å²) in [5, 5.41) is 2.87. The van der Waals surface area contributed by atoms with Gasteiger partial charge in [0.25, 0.3) is 10.0 Å². The molecular weight excluding hydrogens is 408 g/mol. The number of para-hydroxylation sites is 1. The summed E-state index contributed by atoms with van der Waals surface area (Å²) < 4.78 is 27.9. The molecule has 1 aliphatic rings. The lowest BCUT2D eigenvalue weighted by Gasteiger charge is -2.30. The SMILES string of the molecule is CC(CC(=O)Nc1ccc(S(=O)(=O)N2CCCc3ccccc32)cc1)c1ccccc1. The van der Waals surface area contributed by atoms with Crippen molar-refractivity contribution in [2.24, 2.45) is 0 Å². The monoisotopic (exact) mass is 434 g/mol. The van der Waals surface area contributed by atoms with E-state index in [0.29, 0.717) is 18.7 Å². The molecule has 0 aliphatic carbocycles. The molecule has 1 unspecified atom stereocenters. The highest BCUT2D eigenvalue weighted by Gasteiger charge is 2.28. The molecule has 160 valence electrons. The summed E-state index contributed by atoms with van der Waals surface area (Å²) in [6.45, 7) is 2.48. The lowest BCUT2D eigenvalue weighted by atomic mass is 9.97. The lowest BCUT2D eigenvalue weighted by molar-refractivity contribution is -0.116. The fourth-order valence-corrected chi connectivity index (χ4v) is 5.52. The lowest BCUT2D eigenvalue weighted by Crippen LogP contribution is -2.35. The Balaban J connectivity index is 1.45. The Morgan fingerprint density at radius 2 is 1.65 bits per heavy atom. The first-order chi connectivity index (χ1) is 14.9. The summed E-state index contributed by atoms with van der Waals surface area (Å²) in [5.41, 5.74) is 3.50. The van der Waals surface area contributed by atoms with Crippen LogP contribution in [-0.2, 0) is 21.2 Å². The normalized spacial score (nSPS) is 14.5. The van der Waals surface area contributed by atoms with Crippen molar-refractivity contribution in [1.29, 1.82) is 0 Å². The van der Waals surface area contributed by atoms with E-state index in [1.165, 1.54) is 4.31 Å². The number of rotatable bonds is 6. The summed E-state index contributed by atoms with van der Waals surface area (Å²) >= 11 is 0. The predicted molar refractivity (Wildman–Crippen MR) is 124 cm³/mol. The summed E-state index contributed by atoms with van der Waals surface area (Å²) in [4.78, 5) is 12.6. The highest BCUT2D eigenvalue weighted by Crippen LogP contribution is 2.32. The number of benzene rings is 3. The highest BCUT2D eigenvalue weighted by atomic mass is 32.2. The number of anilines is 2. The van der Waals surface area contributed by atoms with E-state index in [1.54, 1.807) is 24.3 Å². The standard InChI is InChI=1S/C25H26N2O3S/c1-19(20-8-3-2-4-9-20)18-25(28)26-22-13-15-23(16-14-22)31(29,30)27-17-7-11-21-10-5-6-12-24(21)27/h2-6,8-10,12-16,19H,7,11,17-18H2,1H3,(H,26,28). The van der Waals surface area contributed by atoms with Crippen molar-refractivity contribution < 1.29 is 13.2 Å². The molecule has 0 aromatic heterocycles. The van der Waals surface area contributed by atoms with E-state index in [4.69, 9.17) is 0 Å². The second-order valence-electron chi connectivity index (χ2n) is 7.90. The molecule has 0 radical (unpaired) electrons. The zero-order valence-corrected chi connectivity index (χ0v) is 18.3. The number of hydrogen-bond acceptors (Lipinski definition) is 3. The van der Waals surface area contributed by atoms with Gasteiger partial charge in [0, 0.05) is 18.7 Å². The molecule has 1 atom stereocenters. The number of nitrogens with zero attached hydrogens (tertiary/aromatic N) is 1. The molecule has 0 bridgehead atoms. The van der Waals surface area contributed by atoms with Crippen LogP contribution in [0.15, 0.2) is 83.8 Å². The molecule has 1 aliphatic heterocycles. The minimum atomic E-state index is -3.66. The van der Waals surface area contributed by atoms with Crippen LogP contribution < -0.4 is 9.62 Å². The number of carbonyl (C=O) groups excluding carboxylic acids is 1. The third kappa shape index (κ3) is 4.64. The van der Waals surface area contributed by atoms with Crippen LogP contribution in [0.25, 0.3) is 0 Å². The van der Waals surface area contributed by atoms with Crippen LogP contribution in [0.3, 0.4) is 0 Å². The average molecular weight is 435 g/mol. The van der Waals surface area contributed by atoms with Crippen LogP contribution in [0.4, 0.5) is 11.4 Å². The highest BCUT2D eigenvalue weighted by molar-refractivity contribution is 7.92. The fourth-order valence-electron chi connectivity index (χ4n) is 3.98. The summed E-state index contributed by atoms with van der Waals surface area (Å²) in [6.07, 6.45) is 2.03. The number of aryl methyl sites for hydroxylation is 1. The minimum Gasteiger partial charge on any atom is -0.326 e. The third-order valence-corrected chi connectivity index (χ3v) is 7.48. The second-order valence-corrected chi connectivity index (χ2v) is 9.76. The van der Waals surface area contributed by atoms with Gasteiger partial charge in [0.1, 0.15) is 0 Å². The van der Waals surface area contributed by atoms with Gasteiger partial charge in [-0.15, -0.1) is 0 Å². The molecule has 1 N–H and O–H groups in total. The molecular formula is C25H26N2O3S. The van der Waals surface area contributed by atoms with E-state index in [2.05, 4.69) is 5.32 Å². The Morgan fingerprint density at radius 3 is 2.39 bits per heavy atom. The van der Waals surface area contributed by atoms with Crippen molar-refractivity contribution in [3.05, 3.63) is 90.0 Å². The molecule has 0 fully saturated rings. The van der Waals surface area contributed by atoms with E-state index in [9.17, 15) is 13.2 Å². The Labute approximate surface area is 183 Å². The van der Waals surface area contributed by atoms with E-state index < -0.39 is 10.0 Å². The first kappa shape index (κ1) is 21.1. The van der Waals surface area contributed by atoms with Gasteiger partial charge >= 0.3 is 0 Å². The molecule has 5 nitrogen and oxygen atoms in total. The van der Waals surface area contributed by atoms with Gasteiger partial charge < -0.3 is 5.32 Å². The smallest absolute Gasteiger partial charge is 0.264 e. The molecule has 3 aromatic carbocycles. The van der Waals surface area contributed by atoms with Crippen molar-refractivity contribution in [3.8, 4) is 0 Å². The van der Waals surface area contributed by atoms with Crippen molar-refractivity contribution in [3.63, 3.8) is 0 Å². The van der Waals surface area contributed by atoms with Crippen LogP contribution in [0.1, 0.15) is 36.8 Å². The summed E-state index contributed by atoms with van der Waals surface area (Å²) in [5.74, 6) is -0.00283. The zero-order chi connectivity index (χ0) is 21.8. The van der Waals surface area contributed by atoms with Gasteiger partial charge in [-0.2, -0.15) is 0 Å². The fraction of sp³-hybridized carbons (Fsp3) is 0.240. The third-order valence-electron chi connectivity index (χ3n) is 5.65. The number of fused-ring (bicyclic) bond motifs is 1. The molecule has 1 heterocycles. The molecule has 31 heavy (non-hydrogen) atoms. The van der Waals surface area contributed by atoms with Gasteiger partial charge in [-0.05, 0) is 60.2 Å². The molecule has 0 saturated carbocycles. The maximum absolute atomic E-state index is 13.2. The van der Waals surface area contributed by atoms with Crippen molar-refractivity contribution in [1.82, 2.24) is 0 Å². The van der Waals surface area contributed by atoms with Crippen LogP contribution in [-0.4, -0.2) is 20.9 Å². The Hall–Kier alpha value is -3.12. The van der Waals surface area contributed by atoms with Gasteiger partial charge in [-0.25, -0.2) is 8.42 Å². The minimum absolute atomic E-state index is 0.0972. The summed E-state index contributed by atoms with van der Waals surface area (Å²) in [6, 6.07) is 23.9. The maximum Gasteiger partial charge on any atom is 0.264 e. The summed E-state index contributed by atoms with van der Waals surface area (Å²) in [7, 11) is -3.66. The molecule has 3 aromatic rings. The largest absolute Gasteiger partial charge is 0.326 e. The number of hydrogen-bond donors (Lipinski definition) is 1. The van der Waals surface area contributed by atoms with Gasteiger partial charge in [0.15, 0.2) is 0 Å². The topological polar surface area (TPSA) is 66.5 Å². The van der Waals surface area contributed by atoms with Crippen molar-refractivity contribution in [2.75, 3.05) is 16.2 Å². The van der Waals surface area contributed by atoms with Gasteiger partial charge in [0.2, 0.25) is 5.91 Å². The first-order valence-corrected chi connectivity index (χ1v) is 11.9. The Bertz CT molecular complexity index is 1160. The first-order valence-electron chi connectivity index (χ1n) is 10.5.